The van der Waals surface area contributed by atoms with Crippen LogP contribution in [0.25, 0.3) is 11.3 Å². The van der Waals surface area contributed by atoms with Crippen molar-refractivity contribution < 1.29 is 14.6 Å². The van der Waals surface area contributed by atoms with Gasteiger partial charge in [-0.2, -0.15) is 0 Å². The zero-order valence-electron chi connectivity index (χ0n) is 19.1. The maximum atomic E-state index is 10.5. The normalized spacial score (nSPS) is 24.9. The number of anilines is 2. The molecule has 0 aromatic carbocycles. The molecule has 0 unspecified atom stereocenters. The molecule has 0 radical (unpaired) electrons. The molecule has 2 aromatic rings. The summed E-state index contributed by atoms with van der Waals surface area (Å²) in [6.45, 7) is 2.40. The monoisotopic (exact) mass is 475 g/mol. The molecular weight excluding hydrogens is 442 g/mol. The zero-order chi connectivity index (χ0) is 23.3. The van der Waals surface area contributed by atoms with Gasteiger partial charge >= 0.3 is 0 Å². The van der Waals surface area contributed by atoms with Crippen LogP contribution in [0.5, 0.6) is 0 Å². The minimum atomic E-state index is -0.727. The van der Waals surface area contributed by atoms with Gasteiger partial charge in [-0.3, -0.25) is 0 Å². The lowest BCUT2D eigenvalue weighted by Gasteiger charge is -2.35. The lowest BCUT2D eigenvalue weighted by atomic mass is 9.82. The van der Waals surface area contributed by atoms with Gasteiger partial charge in [-0.15, -0.1) is 0 Å². The van der Waals surface area contributed by atoms with E-state index in [2.05, 4.69) is 15.6 Å². The lowest BCUT2D eigenvalue weighted by Crippen LogP contribution is -2.50. The van der Waals surface area contributed by atoms with Crippen LogP contribution in [0.15, 0.2) is 30.5 Å². The maximum absolute atomic E-state index is 10.5. The summed E-state index contributed by atoms with van der Waals surface area (Å²) < 4.78 is 10.6. The first-order chi connectivity index (χ1) is 15.9. The molecular formula is C24H34ClN5O3. The Morgan fingerprint density at radius 1 is 1.21 bits per heavy atom. The van der Waals surface area contributed by atoms with Crippen LogP contribution in [0.1, 0.15) is 38.5 Å². The third-order valence-electron chi connectivity index (χ3n) is 6.67. The Bertz CT molecular complexity index is 930. The Labute approximate surface area is 200 Å². The van der Waals surface area contributed by atoms with Gasteiger partial charge in [-0.05, 0) is 56.7 Å². The van der Waals surface area contributed by atoms with Crippen molar-refractivity contribution in [2.24, 2.45) is 5.73 Å². The van der Waals surface area contributed by atoms with E-state index in [1.807, 2.05) is 24.3 Å². The summed E-state index contributed by atoms with van der Waals surface area (Å²) in [7, 11) is 1.62. The van der Waals surface area contributed by atoms with Gasteiger partial charge in [0.15, 0.2) is 0 Å². The predicted molar refractivity (Wildman–Crippen MR) is 131 cm³/mol. The first-order valence-electron chi connectivity index (χ1n) is 11.6. The second-order valence-corrected chi connectivity index (χ2v) is 9.77. The Kier molecular flexibility index (Phi) is 7.71. The molecule has 1 aliphatic carbocycles. The van der Waals surface area contributed by atoms with Crippen molar-refractivity contribution in [3.05, 3.63) is 35.5 Å². The van der Waals surface area contributed by atoms with Crippen molar-refractivity contribution in [2.75, 3.05) is 44.1 Å². The molecule has 0 atom stereocenters. The SMILES string of the molecule is COC[C@]1(O)CC[C@H](Nc2cc(-c3cccc(NCC4(N)CCOCC4)n3)c(Cl)cn2)CC1. The number of halogens is 1. The van der Waals surface area contributed by atoms with E-state index in [1.165, 1.54) is 0 Å². The molecule has 2 fully saturated rings. The maximum Gasteiger partial charge on any atom is 0.126 e. The van der Waals surface area contributed by atoms with Crippen molar-refractivity contribution in [1.82, 2.24) is 9.97 Å². The summed E-state index contributed by atoms with van der Waals surface area (Å²) in [5.41, 5.74) is 7.07. The van der Waals surface area contributed by atoms with Gasteiger partial charge in [0.1, 0.15) is 11.6 Å². The van der Waals surface area contributed by atoms with Crippen LogP contribution >= 0.6 is 11.6 Å². The largest absolute Gasteiger partial charge is 0.387 e. The van der Waals surface area contributed by atoms with E-state index in [0.29, 0.717) is 44.2 Å². The van der Waals surface area contributed by atoms with Crippen LogP contribution in [0.3, 0.4) is 0 Å². The first kappa shape index (κ1) is 24.2. The molecule has 1 aliphatic heterocycles. The Balaban J connectivity index is 1.42. The lowest BCUT2D eigenvalue weighted by molar-refractivity contribution is -0.0572. The number of rotatable bonds is 8. The zero-order valence-corrected chi connectivity index (χ0v) is 19.9. The number of methoxy groups -OCH3 is 1. The van der Waals surface area contributed by atoms with E-state index in [1.54, 1.807) is 13.3 Å². The van der Waals surface area contributed by atoms with Gasteiger partial charge in [0.2, 0.25) is 0 Å². The number of pyridine rings is 2. The second kappa shape index (κ2) is 10.5. The number of aliphatic hydroxyl groups is 1. The van der Waals surface area contributed by atoms with E-state index in [4.69, 9.17) is 31.8 Å². The average molecular weight is 476 g/mol. The summed E-state index contributed by atoms with van der Waals surface area (Å²) in [6.07, 6.45) is 6.41. The first-order valence-corrected chi connectivity index (χ1v) is 12.0. The molecule has 33 heavy (non-hydrogen) atoms. The summed E-state index contributed by atoms with van der Waals surface area (Å²) in [6, 6.07) is 8.01. The molecule has 2 aliphatic rings. The predicted octanol–water partition coefficient (Wildman–Crippen LogP) is 3.45. The highest BCUT2D eigenvalue weighted by molar-refractivity contribution is 6.33. The molecule has 2 aromatic heterocycles. The average Bonchev–Trinajstić information content (AvgIpc) is 2.81. The van der Waals surface area contributed by atoms with Crippen molar-refractivity contribution in [1.29, 1.82) is 0 Å². The fourth-order valence-electron chi connectivity index (χ4n) is 4.54. The second-order valence-electron chi connectivity index (χ2n) is 9.36. The van der Waals surface area contributed by atoms with Gasteiger partial charge in [0.25, 0.3) is 0 Å². The number of nitrogens with two attached hydrogens (primary N) is 1. The van der Waals surface area contributed by atoms with E-state index >= 15 is 0 Å². The molecule has 4 rings (SSSR count). The molecule has 3 heterocycles. The van der Waals surface area contributed by atoms with Gasteiger partial charge in [0, 0.05) is 50.2 Å². The van der Waals surface area contributed by atoms with Gasteiger partial charge in [0.05, 0.1) is 22.9 Å². The summed E-state index contributed by atoms with van der Waals surface area (Å²) in [5.74, 6) is 1.51. The van der Waals surface area contributed by atoms with Crippen LogP contribution in [-0.2, 0) is 9.47 Å². The van der Waals surface area contributed by atoms with E-state index in [9.17, 15) is 5.11 Å². The number of nitrogens with one attached hydrogen (secondary N) is 2. The molecule has 180 valence electrons. The number of ether oxygens (including phenoxy) is 2. The molecule has 1 saturated heterocycles. The smallest absolute Gasteiger partial charge is 0.126 e. The molecule has 8 nitrogen and oxygen atoms in total. The number of hydrogen-bond acceptors (Lipinski definition) is 8. The third kappa shape index (κ3) is 6.33. The standard InChI is InChI=1S/C24H34ClN5O3/c1-32-16-24(31)7-5-17(6-8-24)29-22-13-18(19(25)14-27-22)20-3-2-4-21(30-20)28-15-23(26)9-11-33-12-10-23/h2-4,13-14,17,31H,5-12,15-16,26H2,1H3,(H,27,29)(H,28,30)/t17-,24-. The van der Waals surface area contributed by atoms with Crippen LogP contribution < -0.4 is 16.4 Å². The minimum Gasteiger partial charge on any atom is -0.387 e. The number of aromatic nitrogens is 2. The Hall–Kier alpha value is -1.97. The van der Waals surface area contributed by atoms with Gasteiger partial charge < -0.3 is 30.9 Å². The summed E-state index contributed by atoms with van der Waals surface area (Å²) in [4.78, 5) is 9.22. The van der Waals surface area contributed by atoms with Crippen LogP contribution in [-0.4, -0.2) is 65.7 Å². The molecule has 5 N–H and O–H groups in total. The fraction of sp³-hybridized carbons (Fsp3) is 0.583. The molecule has 0 bridgehead atoms. The number of hydrogen-bond donors (Lipinski definition) is 4. The minimum absolute atomic E-state index is 0.241. The fourth-order valence-corrected chi connectivity index (χ4v) is 4.74. The third-order valence-corrected chi connectivity index (χ3v) is 6.97. The van der Waals surface area contributed by atoms with Gasteiger partial charge in [-0.1, -0.05) is 17.7 Å². The van der Waals surface area contributed by atoms with Crippen molar-refractivity contribution in [3.8, 4) is 11.3 Å². The molecule has 1 saturated carbocycles. The molecule has 9 heteroatoms. The Morgan fingerprint density at radius 2 is 1.97 bits per heavy atom. The highest BCUT2D eigenvalue weighted by Crippen LogP contribution is 2.32. The van der Waals surface area contributed by atoms with Crippen molar-refractivity contribution >= 4 is 23.2 Å². The van der Waals surface area contributed by atoms with Crippen LogP contribution in [0.2, 0.25) is 5.02 Å². The molecule has 0 spiro atoms. The van der Waals surface area contributed by atoms with Crippen LogP contribution in [0, 0.1) is 0 Å². The van der Waals surface area contributed by atoms with Crippen molar-refractivity contribution in [3.63, 3.8) is 0 Å². The topological polar surface area (TPSA) is 115 Å². The van der Waals surface area contributed by atoms with Crippen molar-refractivity contribution in [2.45, 2.75) is 55.7 Å². The highest BCUT2D eigenvalue weighted by atomic mass is 35.5. The highest BCUT2D eigenvalue weighted by Gasteiger charge is 2.33. The van der Waals surface area contributed by atoms with E-state index in [0.717, 1.165) is 48.6 Å². The molecule has 0 amide bonds. The summed E-state index contributed by atoms with van der Waals surface area (Å²) >= 11 is 6.49. The quantitative estimate of drug-likeness (QED) is 0.459. The Morgan fingerprint density at radius 3 is 2.70 bits per heavy atom. The summed E-state index contributed by atoms with van der Waals surface area (Å²) in [5, 5.41) is 18.0. The number of nitrogens with zero attached hydrogens (tertiary/aromatic N) is 2. The van der Waals surface area contributed by atoms with Crippen LogP contribution in [0.4, 0.5) is 11.6 Å². The van der Waals surface area contributed by atoms with E-state index < -0.39 is 5.60 Å². The van der Waals surface area contributed by atoms with E-state index in [-0.39, 0.29) is 11.6 Å². The van der Waals surface area contributed by atoms with Gasteiger partial charge in [-0.25, -0.2) is 9.97 Å².